The molecule has 12 heavy (non-hydrogen) atoms. The Balaban J connectivity index is 0.000000202. The smallest absolute Gasteiger partial charge is 0.0448 e. The molecule has 0 bridgehead atoms. The largest absolute Gasteiger partial charge is 0.0625 e. The Morgan fingerprint density at radius 2 is 0.667 bits per heavy atom. The van der Waals surface area contributed by atoms with Crippen LogP contribution in [0.15, 0.2) is 36.4 Å². The lowest BCUT2D eigenvalue weighted by molar-refractivity contribution is 0.457. The maximum absolute atomic E-state index is 2.24. The van der Waals surface area contributed by atoms with E-state index < -0.39 is 0 Å². The molecule has 0 spiro atoms. The first-order valence-electron chi connectivity index (χ1n) is 4.64. The van der Waals surface area contributed by atoms with E-state index in [1.807, 2.05) is 36.4 Å². The van der Waals surface area contributed by atoms with Crippen molar-refractivity contribution < 1.29 is 0 Å². The summed E-state index contributed by atoms with van der Waals surface area (Å²) in [4.78, 5) is 0. The Morgan fingerprint density at radius 3 is 0.750 bits per heavy atom. The van der Waals surface area contributed by atoms with E-state index in [-0.39, 0.29) is 0 Å². The molecule has 1 aromatic rings. The van der Waals surface area contributed by atoms with Gasteiger partial charge in [-0.3, -0.25) is 0 Å². The average Bonchev–Trinajstić information content (AvgIpc) is 2.08. The van der Waals surface area contributed by atoms with Crippen LogP contribution in [0, 0.1) is 11.8 Å². The summed E-state index contributed by atoms with van der Waals surface area (Å²) < 4.78 is 0. The minimum atomic E-state index is 0.852. The zero-order chi connectivity index (χ0) is 9.40. The third-order valence-corrected chi connectivity index (χ3v) is 2.00. The molecule has 0 aliphatic carbocycles. The molecule has 0 heteroatoms. The SMILES string of the molecule is CC(C)C(C)C.c1ccccc1. The van der Waals surface area contributed by atoms with E-state index in [0.29, 0.717) is 0 Å². The summed E-state index contributed by atoms with van der Waals surface area (Å²) in [6.07, 6.45) is 0. The van der Waals surface area contributed by atoms with Gasteiger partial charge in [-0.25, -0.2) is 0 Å². The van der Waals surface area contributed by atoms with Crippen LogP contribution in [-0.4, -0.2) is 0 Å². The fraction of sp³-hybridized carbons (Fsp3) is 0.500. The topological polar surface area (TPSA) is 0 Å². The third-order valence-electron chi connectivity index (χ3n) is 2.00. The first-order valence-corrected chi connectivity index (χ1v) is 4.64. The number of rotatable bonds is 1. The van der Waals surface area contributed by atoms with Crippen molar-refractivity contribution in [2.24, 2.45) is 11.8 Å². The summed E-state index contributed by atoms with van der Waals surface area (Å²) >= 11 is 0. The molecular weight excluding hydrogens is 144 g/mol. The molecule has 0 N–H and O–H groups in total. The fourth-order valence-electron chi connectivity index (χ4n) is 0.385. The van der Waals surface area contributed by atoms with Crippen LogP contribution >= 0.6 is 0 Å². The van der Waals surface area contributed by atoms with Crippen LogP contribution in [-0.2, 0) is 0 Å². The van der Waals surface area contributed by atoms with E-state index in [2.05, 4.69) is 27.7 Å². The lowest BCUT2D eigenvalue weighted by Crippen LogP contribution is -1.95. The highest BCUT2D eigenvalue weighted by molar-refractivity contribution is 4.99. The quantitative estimate of drug-likeness (QED) is 0.589. The van der Waals surface area contributed by atoms with Gasteiger partial charge in [0.05, 0.1) is 0 Å². The molecule has 0 aliphatic rings. The molecule has 1 aromatic carbocycles. The Morgan fingerprint density at radius 1 is 0.500 bits per heavy atom. The molecule has 0 saturated heterocycles. The van der Waals surface area contributed by atoms with Crippen molar-refractivity contribution >= 4 is 0 Å². The van der Waals surface area contributed by atoms with E-state index in [9.17, 15) is 0 Å². The Hall–Kier alpha value is -0.780. The highest BCUT2D eigenvalue weighted by Gasteiger charge is 1.95. The molecule has 0 aromatic heterocycles. The van der Waals surface area contributed by atoms with Crippen molar-refractivity contribution in [2.45, 2.75) is 27.7 Å². The van der Waals surface area contributed by atoms with Crippen molar-refractivity contribution in [1.29, 1.82) is 0 Å². The second kappa shape index (κ2) is 6.90. The van der Waals surface area contributed by atoms with Gasteiger partial charge in [0.15, 0.2) is 0 Å². The summed E-state index contributed by atoms with van der Waals surface area (Å²) in [6, 6.07) is 12.0. The van der Waals surface area contributed by atoms with Gasteiger partial charge in [-0.05, 0) is 11.8 Å². The Kier molecular flexibility index (Phi) is 6.45. The maximum atomic E-state index is 2.24. The van der Waals surface area contributed by atoms with Crippen molar-refractivity contribution in [3.63, 3.8) is 0 Å². The molecule has 0 fully saturated rings. The van der Waals surface area contributed by atoms with Gasteiger partial charge < -0.3 is 0 Å². The molecule has 0 nitrogen and oxygen atoms in total. The van der Waals surface area contributed by atoms with Gasteiger partial charge >= 0.3 is 0 Å². The van der Waals surface area contributed by atoms with Crippen molar-refractivity contribution in [1.82, 2.24) is 0 Å². The molecule has 0 saturated carbocycles. The summed E-state index contributed by atoms with van der Waals surface area (Å²) in [6.45, 7) is 8.96. The van der Waals surface area contributed by atoms with Crippen LogP contribution in [0.4, 0.5) is 0 Å². The standard InChI is InChI=1S/C6H6.C6H14/c1-2-4-6-5-3-1;1-5(2)6(3)4/h1-6H;5-6H,1-4H3. The molecule has 0 amide bonds. The van der Waals surface area contributed by atoms with Gasteiger partial charge in [-0.15, -0.1) is 0 Å². The van der Waals surface area contributed by atoms with Gasteiger partial charge in [-0.2, -0.15) is 0 Å². The highest BCUT2D eigenvalue weighted by atomic mass is 14.0. The lowest BCUT2D eigenvalue weighted by Gasteiger charge is -2.05. The molecular formula is C12H20. The van der Waals surface area contributed by atoms with E-state index in [1.54, 1.807) is 0 Å². The molecule has 0 atom stereocenters. The third kappa shape index (κ3) is 7.33. The van der Waals surface area contributed by atoms with Crippen LogP contribution in [0.5, 0.6) is 0 Å². The number of hydrogen-bond donors (Lipinski definition) is 0. The van der Waals surface area contributed by atoms with E-state index >= 15 is 0 Å². The van der Waals surface area contributed by atoms with Gasteiger partial charge in [0.1, 0.15) is 0 Å². The zero-order valence-electron chi connectivity index (χ0n) is 8.62. The minimum Gasteiger partial charge on any atom is -0.0625 e. The molecule has 1 rings (SSSR count). The van der Waals surface area contributed by atoms with Crippen LogP contribution in [0.2, 0.25) is 0 Å². The normalized spacial score (nSPS) is 9.50. The van der Waals surface area contributed by atoms with Gasteiger partial charge in [0.2, 0.25) is 0 Å². The highest BCUT2D eigenvalue weighted by Crippen LogP contribution is 2.05. The predicted octanol–water partition coefficient (Wildman–Crippen LogP) is 3.99. The van der Waals surface area contributed by atoms with Gasteiger partial charge in [0.25, 0.3) is 0 Å². The van der Waals surface area contributed by atoms with Crippen LogP contribution < -0.4 is 0 Å². The van der Waals surface area contributed by atoms with E-state index in [1.165, 1.54) is 0 Å². The molecule has 0 unspecified atom stereocenters. The summed E-state index contributed by atoms with van der Waals surface area (Å²) in [7, 11) is 0. The first-order chi connectivity index (χ1) is 5.64. The van der Waals surface area contributed by atoms with Gasteiger partial charge in [-0.1, -0.05) is 64.1 Å². The monoisotopic (exact) mass is 164 g/mol. The molecule has 0 aliphatic heterocycles. The molecule has 0 radical (unpaired) electrons. The molecule has 0 heterocycles. The summed E-state index contributed by atoms with van der Waals surface area (Å²) in [5.41, 5.74) is 0. The minimum absolute atomic E-state index is 0.852. The predicted molar refractivity (Wildman–Crippen MR) is 56.1 cm³/mol. The van der Waals surface area contributed by atoms with Crippen LogP contribution in [0.1, 0.15) is 27.7 Å². The second-order valence-corrected chi connectivity index (χ2v) is 3.64. The number of benzene rings is 1. The Bertz CT molecular complexity index is 130. The summed E-state index contributed by atoms with van der Waals surface area (Å²) in [5, 5.41) is 0. The van der Waals surface area contributed by atoms with Crippen molar-refractivity contribution in [3.8, 4) is 0 Å². The average molecular weight is 164 g/mol. The van der Waals surface area contributed by atoms with Crippen molar-refractivity contribution in [3.05, 3.63) is 36.4 Å². The van der Waals surface area contributed by atoms with E-state index in [0.717, 1.165) is 11.8 Å². The van der Waals surface area contributed by atoms with Gasteiger partial charge in [0, 0.05) is 0 Å². The first kappa shape index (κ1) is 11.2. The lowest BCUT2D eigenvalue weighted by atomic mass is 10.0. The second-order valence-electron chi connectivity index (χ2n) is 3.64. The van der Waals surface area contributed by atoms with E-state index in [4.69, 9.17) is 0 Å². The molecule has 68 valence electrons. The van der Waals surface area contributed by atoms with Crippen LogP contribution in [0.3, 0.4) is 0 Å². The van der Waals surface area contributed by atoms with Crippen LogP contribution in [0.25, 0.3) is 0 Å². The maximum Gasteiger partial charge on any atom is -0.0448 e. The fourth-order valence-corrected chi connectivity index (χ4v) is 0.385. The summed E-state index contributed by atoms with van der Waals surface area (Å²) in [5.74, 6) is 1.70. The number of hydrogen-bond acceptors (Lipinski definition) is 0. The zero-order valence-corrected chi connectivity index (χ0v) is 8.62. The van der Waals surface area contributed by atoms with Crippen molar-refractivity contribution in [2.75, 3.05) is 0 Å². The Labute approximate surface area is 76.6 Å².